The van der Waals surface area contributed by atoms with Crippen molar-refractivity contribution in [3.05, 3.63) is 58.9 Å². The Kier molecular flexibility index (Phi) is 3.52. The molecule has 1 aromatic carbocycles. The molecule has 2 aromatic heterocycles. The van der Waals surface area contributed by atoms with Gasteiger partial charge in [0, 0.05) is 28.4 Å². The van der Waals surface area contributed by atoms with Gasteiger partial charge in [0.1, 0.15) is 5.56 Å². The van der Waals surface area contributed by atoms with E-state index in [0.717, 1.165) is 0 Å². The van der Waals surface area contributed by atoms with Gasteiger partial charge in [0.05, 0.1) is 5.52 Å². The van der Waals surface area contributed by atoms with E-state index in [0.29, 0.717) is 22.2 Å². The van der Waals surface area contributed by atoms with Gasteiger partial charge in [0.25, 0.3) is 0 Å². The van der Waals surface area contributed by atoms with E-state index in [4.69, 9.17) is 11.6 Å². The van der Waals surface area contributed by atoms with Gasteiger partial charge in [0.2, 0.25) is 0 Å². The van der Waals surface area contributed by atoms with Crippen LogP contribution in [0.4, 0.5) is 5.82 Å². The Morgan fingerprint density at radius 2 is 2.05 bits per heavy atom. The normalized spacial score (nSPS) is 10.6. The molecule has 0 unspecified atom stereocenters. The topological polar surface area (TPSA) is 84.2 Å². The van der Waals surface area contributed by atoms with Crippen molar-refractivity contribution in [2.24, 2.45) is 0 Å². The van der Waals surface area contributed by atoms with E-state index < -0.39 is 5.97 Å². The van der Waals surface area contributed by atoms with Crippen molar-refractivity contribution in [2.75, 3.05) is 5.43 Å². The monoisotopic (exact) mass is 315 g/mol. The third-order valence-corrected chi connectivity index (χ3v) is 3.39. The molecule has 0 saturated heterocycles. The maximum Gasteiger partial charge on any atom is 0.340 e. The number of anilines is 1. The van der Waals surface area contributed by atoms with Crippen LogP contribution in [0.25, 0.3) is 10.9 Å². The number of rotatable bonds is 4. The Labute approximate surface area is 129 Å². The number of aromatic nitrogens is 2. The zero-order valence-electron chi connectivity index (χ0n) is 11.2. The molecule has 6 nitrogen and oxygen atoms in total. The molecule has 22 heavy (non-hydrogen) atoms. The van der Waals surface area contributed by atoms with Crippen LogP contribution in [0.2, 0.25) is 5.02 Å². The number of carboxylic acids is 1. The van der Waals surface area contributed by atoms with Crippen LogP contribution in [0.5, 0.6) is 0 Å². The van der Waals surface area contributed by atoms with Gasteiger partial charge in [-0.3, -0.25) is 14.9 Å². The quantitative estimate of drug-likeness (QED) is 0.723. The molecule has 0 atom stereocenters. The molecule has 2 heterocycles. The standard InChI is InChI=1S/C15H10ClN3O3/c16-9-3-4-10-11(8-20)13(15(21)22)14(17-12(10)7-9)18-19-5-1-2-6-19/h1-8H,(H,17,18)(H,21,22). The predicted octanol–water partition coefficient (Wildman–Crippen LogP) is 3.08. The minimum atomic E-state index is -1.24. The zero-order valence-corrected chi connectivity index (χ0v) is 11.9. The lowest BCUT2D eigenvalue weighted by Crippen LogP contribution is -2.15. The molecule has 0 saturated carbocycles. The summed E-state index contributed by atoms with van der Waals surface area (Å²) >= 11 is 5.94. The third-order valence-electron chi connectivity index (χ3n) is 3.16. The molecule has 0 amide bonds. The summed E-state index contributed by atoms with van der Waals surface area (Å²) in [6.07, 6.45) is 3.90. The van der Waals surface area contributed by atoms with Gasteiger partial charge in [-0.2, -0.15) is 0 Å². The van der Waals surface area contributed by atoms with Crippen molar-refractivity contribution in [1.29, 1.82) is 0 Å². The number of nitrogens with zero attached hydrogens (tertiary/aromatic N) is 2. The molecule has 7 heteroatoms. The molecule has 0 fully saturated rings. The molecule has 110 valence electrons. The second-order valence-electron chi connectivity index (χ2n) is 4.54. The summed E-state index contributed by atoms with van der Waals surface area (Å²) in [5.74, 6) is -1.17. The lowest BCUT2D eigenvalue weighted by molar-refractivity contribution is 0.0695. The second-order valence-corrected chi connectivity index (χ2v) is 4.97. The fourth-order valence-corrected chi connectivity index (χ4v) is 2.38. The Bertz CT molecular complexity index is 875. The van der Waals surface area contributed by atoms with E-state index >= 15 is 0 Å². The largest absolute Gasteiger partial charge is 0.478 e. The van der Waals surface area contributed by atoms with Crippen LogP contribution < -0.4 is 5.43 Å². The molecule has 0 aliphatic rings. The summed E-state index contributed by atoms with van der Waals surface area (Å²) in [5, 5.41) is 10.3. The minimum Gasteiger partial charge on any atom is -0.478 e. The van der Waals surface area contributed by atoms with Crippen molar-refractivity contribution in [3.63, 3.8) is 0 Å². The minimum absolute atomic E-state index is 0.0591. The maximum absolute atomic E-state index is 11.6. The first-order valence-electron chi connectivity index (χ1n) is 6.32. The van der Waals surface area contributed by atoms with Crippen LogP contribution >= 0.6 is 11.6 Å². The van der Waals surface area contributed by atoms with E-state index in [2.05, 4.69) is 10.4 Å². The van der Waals surface area contributed by atoms with Crippen LogP contribution in [0, 0.1) is 0 Å². The Morgan fingerprint density at radius 3 is 2.68 bits per heavy atom. The third kappa shape index (κ3) is 2.40. The van der Waals surface area contributed by atoms with Gasteiger partial charge in [-0.15, -0.1) is 0 Å². The van der Waals surface area contributed by atoms with E-state index in [1.807, 2.05) is 0 Å². The van der Waals surface area contributed by atoms with Gasteiger partial charge in [-0.05, 0) is 24.3 Å². The molecule has 0 aliphatic heterocycles. The number of nitrogens with one attached hydrogen (secondary N) is 1. The summed E-state index contributed by atoms with van der Waals surface area (Å²) in [6.45, 7) is 0. The molecule has 2 N–H and O–H groups in total. The van der Waals surface area contributed by atoms with E-state index in [1.165, 1.54) is 0 Å². The number of fused-ring (bicyclic) bond motifs is 1. The number of benzene rings is 1. The highest BCUT2D eigenvalue weighted by molar-refractivity contribution is 6.31. The number of aromatic carboxylic acids is 1. The molecule has 0 radical (unpaired) electrons. The molecule has 3 aromatic rings. The van der Waals surface area contributed by atoms with Crippen LogP contribution in [0.3, 0.4) is 0 Å². The van der Waals surface area contributed by atoms with Gasteiger partial charge in [0.15, 0.2) is 12.1 Å². The molecule has 0 bridgehead atoms. The zero-order chi connectivity index (χ0) is 15.7. The molecular weight excluding hydrogens is 306 g/mol. The maximum atomic E-state index is 11.6. The van der Waals surface area contributed by atoms with Crippen LogP contribution in [-0.2, 0) is 0 Å². The lowest BCUT2D eigenvalue weighted by Gasteiger charge is -2.13. The van der Waals surface area contributed by atoms with Crippen LogP contribution in [0.15, 0.2) is 42.7 Å². The summed E-state index contributed by atoms with van der Waals surface area (Å²) < 4.78 is 1.54. The van der Waals surface area contributed by atoms with E-state index in [-0.39, 0.29) is 16.9 Å². The fraction of sp³-hybridized carbons (Fsp3) is 0. The Morgan fingerprint density at radius 1 is 1.32 bits per heavy atom. The summed E-state index contributed by atoms with van der Waals surface area (Å²) in [7, 11) is 0. The molecule has 3 rings (SSSR count). The number of carbonyl (C=O) groups excluding carboxylic acids is 1. The number of hydrogen-bond acceptors (Lipinski definition) is 4. The summed E-state index contributed by atoms with van der Waals surface area (Å²) in [4.78, 5) is 27.3. The highest BCUT2D eigenvalue weighted by atomic mass is 35.5. The van der Waals surface area contributed by atoms with Crippen LogP contribution in [-0.4, -0.2) is 27.0 Å². The first kappa shape index (κ1) is 14.1. The second kappa shape index (κ2) is 5.50. The van der Waals surface area contributed by atoms with E-state index in [9.17, 15) is 14.7 Å². The number of carboxylic acid groups (broad SMARTS) is 1. The molecule has 0 spiro atoms. The van der Waals surface area contributed by atoms with Crippen molar-refractivity contribution < 1.29 is 14.7 Å². The lowest BCUT2D eigenvalue weighted by atomic mass is 10.0. The Hall–Kier alpha value is -2.86. The van der Waals surface area contributed by atoms with E-state index in [1.54, 1.807) is 47.4 Å². The van der Waals surface area contributed by atoms with Crippen molar-refractivity contribution in [1.82, 2.24) is 9.66 Å². The summed E-state index contributed by atoms with van der Waals surface area (Å²) in [5.41, 5.74) is 3.16. The predicted molar refractivity (Wildman–Crippen MR) is 82.6 cm³/mol. The van der Waals surface area contributed by atoms with Crippen molar-refractivity contribution in [2.45, 2.75) is 0 Å². The van der Waals surface area contributed by atoms with Gasteiger partial charge < -0.3 is 5.11 Å². The van der Waals surface area contributed by atoms with Crippen molar-refractivity contribution in [3.8, 4) is 0 Å². The molecular formula is C15H10ClN3O3. The number of aldehydes is 1. The summed E-state index contributed by atoms with van der Waals surface area (Å²) in [6, 6.07) is 8.29. The highest BCUT2D eigenvalue weighted by Crippen LogP contribution is 2.27. The first-order valence-corrected chi connectivity index (χ1v) is 6.69. The van der Waals surface area contributed by atoms with Crippen molar-refractivity contribution >= 4 is 40.6 Å². The Balaban J connectivity index is 2.30. The number of hydrogen-bond donors (Lipinski definition) is 2. The molecule has 0 aliphatic carbocycles. The SMILES string of the molecule is O=Cc1c(C(=O)O)c(Nn2cccc2)nc2cc(Cl)ccc12. The number of carbonyl (C=O) groups is 2. The van der Waals surface area contributed by atoms with Gasteiger partial charge in [-0.1, -0.05) is 17.7 Å². The van der Waals surface area contributed by atoms with Gasteiger partial charge in [-0.25, -0.2) is 9.78 Å². The number of halogens is 1. The fourth-order valence-electron chi connectivity index (χ4n) is 2.21. The average Bonchev–Trinajstić information content (AvgIpc) is 2.98. The smallest absolute Gasteiger partial charge is 0.340 e. The van der Waals surface area contributed by atoms with Crippen LogP contribution in [0.1, 0.15) is 20.7 Å². The number of pyridine rings is 1. The van der Waals surface area contributed by atoms with Gasteiger partial charge >= 0.3 is 5.97 Å². The highest BCUT2D eigenvalue weighted by Gasteiger charge is 2.20. The first-order chi connectivity index (χ1) is 10.6. The average molecular weight is 316 g/mol.